The molecule has 0 radical (unpaired) electrons. The summed E-state index contributed by atoms with van der Waals surface area (Å²) in [7, 11) is 0. The molecule has 0 amide bonds. The molecule has 0 spiro atoms. The Morgan fingerprint density at radius 3 is 2.80 bits per heavy atom. The highest BCUT2D eigenvalue weighted by atomic mass is 19.1. The number of hydrogen-bond donors (Lipinski definition) is 1. The van der Waals surface area contributed by atoms with Crippen molar-refractivity contribution >= 4 is 5.97 Å². The van der Waals surface area contributed by atoms with E-state index in [9.17, 15) is 9.18 Å². The van der Waals surface area contributed by atoms with Crippen molar-refractivity contribution in [1.82, 2.24) is 4.98 Å². The number of halogens is 1. The summed E-state index contributed by atoms with van der Waals surface area (Å²) < 4.78 is 18.5. The molecule has 0 aliphatic rings. The van der Waals surface area contributed by atoms with Gasteiger partial charge in [-0.25, -0.2) is 14.2 Å². The van der Waals surface area contributed by atoms with Gasteiger partial charge in [-0.05, 0) is 25.1 Å². The van der Waals surface area contributed by atoms with Crippen molar-refractivity contribution in [3.05, 3.63) is 53.0 Å². The molecular weight excluding hydrogens is 263 g/mol. The first kappa shape index (κ1) is 13.5. The van der Waals surface area contributed by atoms with Crippen LogP contribution in [0.25, 0.3) is 0 Å². The number of aromatic carboxylic acids is 1. The van der Waals surface area contributed by atoms with E-state index in [0.717, 1.165) is 18.2 Å². The molecule has 0 bridgehead atoms. The lowest BCUT2D eigenvalue weighted by Crippen LogP contribution is -2.01. The summed E-state index contributed by atoms with van der Waals surface area (Å²) in [5.74, 6) is -2.00. The van der Waals surface area contributed by atoms with Gasteiger partial charge in [-0.3, -0.25) is 0 Å². The monoisotopic (exact) mass is 272 g/mol. The Morgan fingerprint density at radius 2 is 2.15 bits per heavy atom. The number of nitrogens with zero attached hydrogens (tertiary/aromatic N) is 2. The molecule has 6 heteroatoms. The van der Waals surface area contributed by atoms with Crippen molar-refractivity contribution < 1.29 is 19.0 Å². The molecule has 1 aromatic heterocycles. The molecule has 0 fully saturated rings. The van der Waals surface area contributed by atoms with Crippen molar-refractivity contribution in [1.29, 1.82) is 5.26 Å². The van der Waals surface area contributed by atoms with Gasteiger partial charge in [-0.2, -0.15) is 5.26 Å². The number of nitriles is 1. The lowest BCUT2D eigenvalue weighted by atomic mass is 10.2. The molecule has 0 aliphatic heterocycles. The van der Waals surface area contributed by atoms with Gasteiger partial charge in [0.15, 0.2) is 0 Å². The first-order chi connectivity index (χ1) is 9.49. The zero-order chi connectivity index (χ0) is 14.7. The van der Waals surface area contributed by atoms with E-state index in [0.29, 0.717) is 11.3 Å². The fourth-order valence-corrected chi connectivity index (χ4v) is 1.62. The Hall–Kier alpha value is -2.94. The average molecular weight is 272 g/mol. The van der Waals surface area contributed by atoms with Crippen LogP contribution in [-0.4, -0.2) is 16.1 Å². The van der Waals surface area contributed by atoms with Crippen LogP contribution < -0.4 is 4.74 Å². The molecule has 1 heterocycles. The zero-order valence-corrected chi connectivity index (χ0v) is 10.4. The summed E-state index contributed by atoms with van der Waals surface area (Å²) in [6.45, 7) is 1.66. The molecule has 2 aromatic rings. The van der Waals surface area contributed by atoms with Crippen molar-refractivity contribution in [3.63, 3.8) is 0 Å². The Balaban J connectivity index is 2.44. The fourth-order valence-electron chi connectivity index (χ4n) is 1.62. The van der Waals surface area contributed by atoms with Gasteiger partial charge >= 0.3 is 5.97 Å². The molecular formula is C14H9FN2O3. The molecule has 0 atom stereocenters. The Kier molecular flexibility index (Phi) is 3.62. The summed E-state index contributed by atoms with van der Waals surface area (Å²) in [5.41, 5.74) is 0.668. The second kappa shape index (κ2) is 5.36. The largest absolute Gasteiger partial charge is 0.478 e. The van der Waals surface area contributed by atoms with Crippen LogP contribution in [0.2, 0.25) is 0 Å². The predicted octanol–water partition coefficient (Wildman–Crippen LogP) is 2.89. The fraction of sp³-hybridized carbons (Fsp3) is 0.0714. The minimum atomic E-state index is -1.24. The van der Waals surface area contributed by atoms with Gasteiger partial charge < -0.3 is 9.84 Å². The van der Waals surface area contributed by atoms with Crippen LogP contribution in [0.5, 0.6) is 11.6 Å². The maximum Gasteiger partial charge on any atom is 0.339 e. The van der Waals surface area contributed by atoms with Crippen molar-refractivity contribution in [2.45, 2.75) is 6.92 Å². The van der Waals surface area contributed by atoms with E-state index < -0.39 is 11.8 Å². The van der Waals surface area contributed by atoms with Crippen LogP contribution in [0.4, 0.5) is 4.39 Å². The smallest absolute Gasteiger partial charge is 0.339 e. The number of aromatic nitrogens is 1. The first-order valence-corrected chi connectivity index (χ1v) is 5.59. The Labute approximate surface area is 113 Å². The Bertz CT molecular complexity index is 723. The molecule has 1 N–H and O–H groups in total. The van der Waals surface area contributed by atoms with E-state index in [1.165, 1.54) is 6.07 Å². The minimum absolute atomic E-state index is 0.0367. The molecule has 20 heavy (non-hydrogen) atoms. The summed E-state index contributed by atoms with van der Waals surface area (Å²) in [6.07, 6.45) is 0. The summed E-state index contributed by atoms with van der Waals surface area (Å²) in [6, 6.07) is 7.93. The summed E-state index contributed by atoms with van der Waals surface area (Å²) >= 11 is 0. The number of carbonyl (C=O) groups is 1. The van der Waals surface area contributed by atoms with Crippen LogP contribution in [0.1, 0.15) is 21.6 Å². The first-order valence-electron chi connectivity index (χ1n) is 5.59. The van der Waals surface area contributed by atoms with E-state index in [-0.39, 0.29) is 17.2 Å². The molecule has 0 saturated heterocycles. The van der Waals surface area contributed by atoms with E-state index >= 15 is 0 Å². The van der Waals surface area contributed by atoms with Crippen LogP contribution in [0, 0.1) is 24.1 Å². The van der Waals surface area contributed by atoms with Crippen LogP contribution in [0.3, 0.4) is 0 Å². The number of pyridine rings is 1. The average Bonchev–Trinajstić information content (AvgIpc) is 2.37. The predicted molar refractivity (Wildman–Crippen MR) is 67.1 cm³/mol. The quantitative estimate of drug-likeness (QED) is 0.928. The lowest BCUT2D eigenvalue weighted by molar-refractivity contribution is 0.0694. The van der Waals surface area contributed by atoms with Gasteiger partial charge in [0, 0.05) is 17.8 Å². The molecule has 100 valence electrons. The minimum Gasteiger partial charge on any atom is -0.478 e. The highest BCUT2D eigenvalue weighted by molar-refractivity contribution is 5.90. The standard InChI is InChI=1S/C14H9FN2O3/c1-8-4-9(7-16)5-13(17-8)20-12-6-10(15)2-3-11(12)14(18)19/h2-6H,1H3,(H,18,19). The van der Waals surface area contributed by atoms with Crippen molar-refractivity contribution in [2.75, 3.05) is 0 Å². The third-order valence-electron chi connectivity index (χ3n) is 2.45. The molecule has 2 rings (SSSR count). The van der Waals surface area contributed by atoms with Gasteiger partial charge in [0.25, 0.3) is 0 Å². The molecule has 5 nitrogen and oxygen atoms in total. The molecule has 0 saturated carbocycles. The number of carboxylic acid groups (broad SMARTS) is 1. The SMILES string of the molecule is Cc1cc(C#N)cc(Oc2cc(F)ccc2C(=O)O)n1. The van der Waals surface area contributed by atoms with Crippen LogP contribution in [0.15, 0.2) is 30.3 Å². The van der Waals surface area contributed by atoms with Crippen LogP contribution in [-0.2, 0) is 0 Å². The zero-order valence-electron chi connectivity index (χ0n) is 10.4. The second-order valence-electron chi connectivity index (χ2n) is 3.99. The number of carboxylic acids is 1. The highest BCUT2D eigenvalue weighted by Crippen LogP contribution is 2.26. The normalized spacial score (nSPS) is 9.85. The van der Waals surface area contributed by atoms with Gasteiger partial charge in [-0.15, -0.1) is 0 Å². The molecule has 0 aliphatic carbocycles. The maximum absolute atomic E-state index is 13.2. The van der Waals surface area contributed by atoms with Gasteiger partial charge in [0.1, 0.15) is 17.1 Å². The van der Waals surface area contributed by atoms with Crippen molar-refractivity contribution in [3.8, 4) is 17.7 Å². The van der Waals surface area contributed by atoms with Crippen molar-refractivity contribution in [2.24, 2.45) is 0 Å². The molecule has 0 unspecified atom stereocenters. The third-order valence-corrected chi connectivity index (χ3v) is 2.45. The second-order valence-corrected chi connectivity index (χ2v) is 3.99. The summed E-state index contributed by atoms with van der Waals surface area (Å²) in [4.78, 5) is 15.1. The number of rotatable bonds is 3. The number of hydrogen-bond acceptors (Lipinski definition) is 4. The third kappa shape index (κ3) is 2.90. The van der Waals surface area contributed by atoms with Gasteiger partial charge in [0.2, 0.25) is 5.88 Å². The summed E-state index contributed by atoms with van der Waals surface area (Å²) in [5, 5.41) is 17.9. The van der Waals surface area contributed by atoms with E-state index in [2.05, 4.69) is 4.98 Å². The lowest BCUT2D eigenvalue weighted by Gasteiger charge is -2.08. The number of aryl methyl sites for hydroxylation is 1. The van der Waals surface area contributed by atoms with Gasteiger partial charge in [0.05, 0.1) is 11.6 Å². The van der Waals surface area contributed by atoms with E-state index in [1.54, 1.807) is 13.0 Å². The topological polar surface area (TPSA) is 83.2 Å². The van der Waals surface area contributed by atoms with Crippen LogP contribution >= 0.6 is 0 Å². The Morgan fingerprint density at radius 1 is 1.40 bits per heavy atom. The molecule has 1 aromatic carbocycles. The van der Waals surface area contributed by atoms with E-state index in [4.69, 9.17) is 15.1 Å². The number of ether oxygens (including phenoxy) is 1. The maximum atomic E-state index is 13.2. The number of benzene rings is 1. The van der Waals surface area contributed by atoms with E-state index in [1.807, 2.05) is 6.07 Å². The van der Waals surface area contributed by atoms with Gasteiger partial charge in [-0.1, -0.05) is 0 Å². The highest BCUT2D eigenvalue weighted by Gasteiger charge is 2.14.